The standard InChI is InChI=1S/C17H15BrF3NO9/c1-8-5-11(18)6-10-7-12(14(17(19,20)21)31-13(8)10)15(23)29-9(2)30-16(24)27-3-4-28-22(25)26/h5-7,9,14H,3-4H2,1-2H3. The first kappa shape index (κ1) is 24.2. The lowest BCUT2D eigenvalue weighted by Crippen LogP contribution is -2.41. The summed E-state index contributed by atoms with van der Waals surface area (Å²) in [6.45, 7) is 1.50. The molecular formula is C17H15BrF3NO9. The number of alkyl halides is 3. The molecule has 0 fully saturated rings. The number of carbonyl (C=O) groups is 2. The second kappa shape index (κ2) is 9.85. The highest BCUT2D eigenvalue weighted by atomic mass is 79.9. The Kier molecular flexibility index (Phi) is 7.70. The monoisotopic (exact) mass is 513 g/mol. The van der Waals surface area contributed by atoms with E-state index < -0.39 is 54.6 Å². The van der Waals surface area contributed by atoms with Crippen LogP contribution in [0, 0.1) is 17.0 Å². The molecule has 31 heavy (non-hydrogen) atoms. The largest absolute Gasteiger partial charge is 0.511 e. The van der Waals surface area contributed by atoms with E-state index in [1.807, 2.05) is 0 Å². The van der Waals surface area contributed by atoms with Crippen LogP contribution in [0.3, 0.4) is 0 Å². The lowest BCUT2D eigenvalue weighted by molar-refractivity contribution is -0.757. The van der Waals surface area contributed by atoms with Crippen molar-refractivity contribution in [2.24, 2.45) is 0 Å². The Hall–Kier alpha value is -3.03. The Labute approximate surface area is 181 Å². The van der Waals surface area contributed by atoms with Gasteiger partial charge in [-0.15, -0.1) is 10.1 Å². The van der Waals surface area contributed by atoms with E-state index in [-0.39, 0.29) is 11.3 Å². The van der Waals surface area contributed by atoms with Crippen molar-refractivity contribution in [2.75, 3.05) is 13.2 Å². The van der Waals surface area contributed by atoms with Crippen LogP contribution in [0.25, 0.3) is 6.08 Å². The van der Waals surface area contributed by atoms with Gasteiger partial charge in [-0.3, -0.25) is 0 Å². The van der Waals surface area contributed by atoms with E-state index in [1.165, 1.54) is 6.07 Å². The van der Waals surface area contributed by atoms with Crippen molar-refractivity contribution in [1.29, 1.82) is 0 Å². The predicted molar refractivity (Wildman–Crippen MR) is 98.3 cm³/mol. The predicted octanol–water partition coefficient (Wildman–Crippen LogP) is 3.71. The molecule has 0 saturated heterocycles. The number of halogens is 4. The molecule has 1 heterocycles. The van der Waals surface area contributed by atoms with Gasteiger partial charge in [-0.2, -0.15) is 13.2 Å². The summed E-state index contributed by atoms with van der Waals surface area (Å²) in [5, 5.41) is 8.86. The fraction of sp³-hybridized carbons (Fsp3) is 0.412. The van der Waals surface area contributed by atoms with Crippen molar-refractivity contribution >= 4 is 34.1 Å². The van der Waals surface area contributed by atoms with E-state index in [0.29, 0.717) is 10.0 Å². The molecule has 10 nitrogen and oxygen atoms in total. The van der Waals surface area contributed by atoms with E-state index in [9.17, 15) is 32.9 Å². The molecule has 0 aromatic heterocycles. The number of hydrogen-bond acceptors (Lipinski definition) is 9. The van der Waals surface area contributed by atoms with Gasteiger partial charge in [0, 0.05) is 17.0 Å². The van der Waals surface area contributed by atoms with E-state index in [1.54, 1.807) is 13.0 Å². The topological polar surface area (TPSA) is 123 Å². The van der Waals surface area contributed by atoms with Gasteiger partial charge in [0.15, 0.2) is 0 Å². The lowest BCUT2D eigenvalue weighted by Gasteiger charge is -2.29. The second-order valence-electron chi connectivity index (χ2n) is 6.03. The molecule has 1 aliphatic rings. The summed E-state index contributed by atoms with van der Waals surface area (Å²) in [6.07, 6.45) is -9.54. The highest BCUT2D eigenvalue weighted by Crippen LogP contribution is 2.40. The van der Waals surface area contributed by atoms with E-state index >= 15 is 0 Å². The van der Waals surface area contributed by atoms with Crippen LogP contribution in [0.4, 0.5) is 18.0 Å². The summed E-state index contributed by atoms with van der Waals surface area (Å²) in [5.41, 5.74) is -0.207. The number of fused-ring (bicyclic) bond motifs is 1. The number of rotatable bonds is 7. The third-order valence-electron chi connectivity index (χ3n) is 3.67. The number of nitrogens with zero attached hydrogens (tertiary/aromatic N) is 1. The third-order valence-corrected chi connectivity index (χ3v) is 4.12. The lowest BCUT2D eigenvalue weighted by atomic mass is 9.99. The van der Waals surface area contributed by atoms with Gasteiger partial charge in [-0.1, -0.05) is 15.9 Å². The molecule has 0 aliphatic carbocycles. The van der Waals surface area contributed by atoms with Crippen LogP contribution in [0.5, 0.6) is 5.75 Å². The molecule has 0 amide bonds. The molecule has 0 saturated carbocycles. The normalized spacial score (nSPS) is 16.2. The Morgan fingerprint density at radius 2 is 1.97 bits per heavy atom. The highest BCUT2D eigenvalue weighted by Gasteiger charge is 2.49. The van der Waals surface area contributed by atoms with Gasteiger partial charge in [-0.05, 0) is 30.7 Å². The Bertz CT molecular complexity index is 904. The molecule has 0 N–H and O–H groups in total. The molecule has 14 heteroatoms. The minimum absolute atomic E-state index is 0.0353. The molecule has 0 radical (unpaired) electrons. The molecule has 1 aromatic carbocycles. The van der Waals surface area contributed by atoms with Crippen LogP contribution in [0.15, 0.2) is 22.2 Å². The first-order chi connectivity index (χ1) is 14.4. The van der Waals surface area contributed by atoms with E-state index in [4.69, 9.17) is 9.47 Å². The summed E-state index contributed by atoms with van der Waals surface area (Å²) in [5.74, 6) is -1.46. The van der Waals surface area contributed by atoms with Crippen LogP contribution in [0.1, 0.15) is 18.1 Å². The fourth-order valence-corrected chi connectivity index (χ4v) is 3.10. The van der Waals surface area contributed by atoms with Crippen LogP contribution in [-0.2, 0) is 23.8 Å². The fourth-order valence-electron chi connectivity index (χ4n) is 2.51. The molecule has 0 bridgehead atoms. The SMILES string of the molecule is Cc1cc(Br)cc2c1OC(C(F)(F)F)C(C(=O)OC(C)OC(=O)OCCO[N+](=O)[O-])=C2. The van der Waals surface area contributed by atoms with Gasteiger partial charge in [0.25, 0.3) is 5.09 Å². The first-order valence-electron chi connectivity index (χ1n) is 8.45. The summed E-state index contributed by atoms with van der Waals surface area (Å²) in [7, 11) is 0. The number of ether oxygens (including phenoxy) is 4. The van der Waals surface area contributed by atoms with Crippen LogP contribution < -0.4 is 4.74 Å². The summed E-state index contributed by atoms with van der Waals surface area (Å²) in [6, 6.07) is 3.02. The maximum Gasteiger partial charge on any atom is 0.511 e. The quantitative estimate of drug-likeness (QED) is 0.176. The van der Waals surface area contributed by atoms with Crippen LogP contribution in [0.2, 0.25) is 0 Å². The van der Waals surface area contributed by atoms with Crippen LogP contribution in [-0.4, -0.2) is 49.0 Å². The average molecular weight is 514 g/mol. The zero-order chi connectivity index (χ0) is 23.3. The van der Waals surface area contributed by atoms with Crippen LogP contribution >= 0.6 is 15.9 Å². The number of hydrogen-bond donors (Lipinski definition) is 0. The van der Waals surface area contributed by atoms with Gasteiger partial charge in [0.1, 0.15) is 19.0 Å². The smallest absolute Gasteiger partial charge is 0.475 e. The molecule has 1 aromatic rings. The Morgan fingerprint density at radius 3 is 2.58 bits per heavy atom. The molecule has 1 aliphatic heterocycles. The van der Waals surface area contributed by atoms with Gasteiger partial charge < -0.3 is 23.8 Å². The molecule has 2 rings (SSSR count). The van der Waals surface area contributed by atoms with Crippen molar-refractivity contribution in [3.8, 4) is 5.75 Å². The van der Waals surface area contributed by atoms with Gasteiger partial charge in [0.2, 0.25) is 12.4 Å². The van der Waals surface area contributed by atoms with Crippen molar-refractivity contribution in [3.05, 3.63) is 43.4 Å². The zero-order valence-electron chi connectivity index (χ0n) is 15.9. The summed E-state index contributed by atoms with van der Waals surface area (Å²) >= 11 is 3.21. The summed E-state index contributed by atoms with van der Waals surface area (Å²) in [4.78, 5) is 37.6. The average Bonchev–Trinajstić information content (AvgIpc) is 2.63. The molecule has 2 atom stereocenters. The number of esters is 1. The van der Waals surface area contributed by atoms with Crippen molar-refractivity contribution in [2.45, 2.75) is 32.4 Å². The second-order valence-corrected chi connectivity index (χ2v) is 6.94. The summed E-state index contributed by atoms with van der Waals surface area (Å²) < 4.78 is 59.8. The highest BCUT2D eigenvalue weighted by molar-refractivity contribution is 9.10. The minimum atomic E-state index is -4.93. The molecule has 170 valence electrons. The molecule has 0 spiro atoms. The number of aryl methyl sites for hydroxylation is 1. The third kappa shape index (κ3) is 6.73. The van der Waals surface area contributed by atoms with Crippen molar-refractivity contribution in [1.82, 2.24) is 0 Å². The number of benzene rings is 1. The maximum absolute atomic E-state index is 13.5. The van der Waals surface area contributed by atoms with Crippen molar-refractivity contribution < 1.29 is 51.6 Å². The number of carbonyl (C=O) groups excluding carboxylic acids is 2. The molecular weight excluding hydrogens is 499 g/mol. The van der Waals surface area contributed by atoms with E-state index in [0.717, 1.165) is 13.0 Å². The maximum atomic E-state index is 13.5. The zero-order valence-corrected chi connectivity index (χ0v) is 17.5. The first-order valence-corrected chi connectivity index (χ1v) is 9.24. The van der Waals surface area contributed by atoms with E-state index in [2.05, 4.69) is 30.2 Å². The Morgan fingerprint density at radius 1 is 1.29 bits per heavy atom. The van der Waals surface area contributed by atoms with Gasteiger partial charge in [0.05, 0.1) is 5.57 Å². The minimum Gasteiger partial charge on any atom is -0.475 e. The molecule has 2 unspecified atom stereocenters. The van der Waals surface area contributed by atoms with Gasteiger partial charge >= 0.3 is 18.3 Å². The van der Waals surface area contributed by atoms with Gasteiger partial charge in [-0.25, -0.2) is 9.59 Å². The van der Waals surface area contributed by atoms with Crippen molar-refractivity contribution in [3.63, 3.8) is 0 Å². The Balaban J connectivity index is 2.09.